The highest BCUT2D eigenvalue weighted by molar-refractivity contribution is 9.10. The van der Waals surface area contributed by atoms with Crippen molar-refractivity contribution in [3.63, 3.8) is 0 Å². The SMILES string of the molecule is O=C(C1CC(c2ccc(Br)cc2)NN1)N1CCN(C(c2ccccc2)c2ccccc2)CC1. The second-order valence-corrected chi connectivity index (χ2v) is 9.68. The second kappa shape index (κ2) is 10.2. The van der Waals surface area contributed by atoms with Crippen LogP contribution >= 0.6 is 15.9 Å². The van der Waals surface area contributed by atoms with Gasteiger partial charge in [-0.25, -0.2) is 10.9 Å². The van der Waals surface area contributed by atoms with Crippen LogP contribution in [0.5, 0.6) is 0 Å². The number of nitrogens with one attached hydrogen (secondary N) is 2. The van der Waals surface area contributed by atoms with Crippen molar-refractivity contribution >= 4 is 21.8 Å². The molecule has 33 heavy (non-hydrogen) atoms. The van der Waals surface area contributed by atoms with Crippen LogP contribution < -0.4 is 10.9 Å². The van der Waals surface area contributed by atoms with E-state index >= 15 is 0 Å². The lowest BCUT2D eigenvalue weighted by Gasteiger charge is -2.40. The molecule has 0 saturated carbocycles. The molecular weight excluding hydrogens is 476 g/mol. The van der Waals surface area contributed by atoms with Gasteiger partial charge in [-0.1, -0.05) is 88.7 Å². The maximum Gasteiger partial charge on any atom is 0.241 e. The molecule has 6 heteroatoms. The van der Waals surface area contributed by atoms with Gasteiger partial charge in [-0.3, -0.25) is 9.69 Å². The first-order valence-corrected chi connectivity index (χ1v) is 12.4. The molecular formula is C27H29BrN4O. The van der Waals surface area contributed by atoms with Crippen LogP contribution in [-0.2, 0) is 4.79 Å². The van der Waals surface area contributed by atoms with Crippen LogP contribution in [0, 0.1) is 0 Å². The highest BCUT2D eigenvalue weighted by Gasteiger charge is 2.35. The molecule has 2 N–H and O–H groups in total. The molecule has 170 valence electrons. The Hall–Kier alpha value is -2.51. The summed E-state index contributed by atoms with van der Waals surface area (Å²) in [6, 6.07) is 29.8. The van der Waals surface area contributed by atoms with Crippen molar-refractivity contribution in [3.8, 4) is 0 Å². The Morgan fingerprint density at radius 3 is 1.94 bits per heavy atom. The van der Waals surface area contributed by atoms with Gasteiger partial charge in [0.25, 0.3) is 0 Å². The summed E-state index contributed by atoms with van der Waals surface area (Å²) in [4.78, 5) is 17.8. The highest BCUT2D eigenvalue weighted by Crippen LogP contribution is 2.30. The van der Waals surface area contributed by atoms with Crippen LogP contribution in [0.25, 0.3) is 0 Å². The lowest BCUT2D eigenvalue weighted by atomic mass is 9.96. The number of piperazine rings is 1. The van der Waals surface area contributed by atoms with Crippen molar-refractivity contribution in [2.45, 2.75) is 24.5 Å². The molecule has 2 unspecified atom stereocenters. The van der Waals surface area contributed by atoms with Crippen molar-refractivity contribution < 1.29 is 4.79 Å². The number of benzene rings is 3. The number of halogens is 1. The summed E-state index contributed by atoms with van der Waals surface area (Å²) in [6.07, 6.45) is 0.761. The lowest BCUT2D eigenvalue weighted by Crippen LogP contribution is -2.54. The molecule has 3 aromatic rings. The number of rotatable bonds is 5. The standard InChI is InChI=1S/C27H29BrN4O/c28-23-13-11-20(12-14-23)24-19-25(30-29-24)27(33)32-17-15-31(16-18-32)26(21-7-3-1-4-8-21)22-9-5-2-6-10-22/h1-14,24-26,29-30H,15-19H2. The molecule has 0 radical (unpaired) electrons. The maximum atomic E-state index is 13.2. The lowest BCUT2D eigenvalue weighted by molar-refractivity contribution is -0.135. The summed E-state index contributed by atoms with van der Waals surface area (Å²) in [6.45, 7) is 3.21. The highest BCUT2D eigenvalue weighted by atomic mass is 79.9. The largest absolute Gasteiger partial charge is 0.339 e. The Morgan fingerprint density at radius 2 is 1.36 bits per heavy atom. The first kappa shape index (κ1) is 22.3. The number of carbonyl (C=O) groups is 1. The zero-order chi connectivity index (χ0) is 22.6. The van der Waals surface area contributed by atoms with Gasteiger partial charge in [0.15, 0.2) is 0 Å². The smallest absolute Gasteiger partial charge is 0.241 e. The van der Waals surface area contributed by atoms with Gasteiger partial charge in [0.2, 0.25) is 5.91 Å². The fourth-order valence-electron chi connectivity index (χ4n) is 4.94. The quantitative estimate of drug-likeness (QED) is 0.544. The molecule has 5 nitrogen and oxygen atoms in total. The van der Waals surface area contributed by atoms with E-state index in [2.05, 4.69) is 104 Å². The van der Waals surface area contributed by atoms with Crippen molar-refractivity contribution in [3.05, 3.63) is 106 Å². The van der Waals surface area contributed by atoms with Crippen molar-refractivity contribution in [2.75, 3.05) is 26.2 Å². The number of hydrogen-bond donors (Lipinski definition) is 2. The van der Waals surface area contributed by atoms with Crippen molar-refractivity contribution in [1.29, 1.82) is 0 Å². The minimum absolute atomic E-state index is 0.147. The zero-order valence-corrected chi connectivity index (χ0v) is 20.1. The van der Waals surface area contributed by atoms with Gasteiger partial charge in [0.1, 0.15) is 6.04 Å². The summed E-state index contributed by atoms with van der Waals surface area (Å²) in [5.41, 5.74) is 10.3. The summed E-state index contributed by atoms with van der Waals surface area (Å²) in [7, 11) is 0. The van der Waals surface area contributed by atoms with E-state index in [0.29, 0.717) is 0 Å². The van der Waals surface area contributed by atoms with Gasteiger partial charge >= 0.3 is 0 Å². The third kappa shape index (κ3) is 5.04. The third-order valence-electron chi connectivity index (χ3n) is 6.70. The van der Waals surface area contributed by atoms with Gasteiger partial charge in [0, 0.05) is 36.7 Å². The van der Waals surface area contributed by atoms with E-state index in [0.717, 1.165) is 37.1 Å². The summed E-state index contributed by atoms with van der Waals surface area (Å²) in [5, 5.41) is 0. The fourth-order valence-corrected chi connectivity index (χ4v) is 5.20. The van der Waals surface area contributed by atoms with Crippen molar-refractivity contribution in [2.24, 2.45) is 0 Å². The molecule has 0 spiro atoms. The van der Waals surface area contributed by atoms with Gasteiger partial charge in [-0.05, 0) is 35.2 Å². The van der Waals surface area contributed by atoms with Crippen LogP contribution in [0.2, 0.25) is 0 Å². The summed E-state index contributed by atoms with van der Waals surface area (Å²) in [5.74, 6) is 0.192. The monoisotopic (exact) mass is 504 g/mol. The topological polar surface area (TPSA) is 47.6 Å². The van der Waals surface area contributed by atoms with Crippen LogP contribution in [0.15, 0.2) is 89.4 Å². The summed E-state index contributed by atoms with van der Waals surface area (Å²) < 4.78 is 1.06. The molecule has 2 aliphatic heterocycles. The Balaban J connectivity index is 1.23. The van der Waals surface area contributed by atoms with Crippen LogP contribution in [0.1, 0.15) is 35.2 Å². The number of amides is 1. The zero-order valence-electron chi connectivity index (χ0n) is 18.5. The molecule has 2 heterocycles. The molecule has 0 aromatic heterocycles. The normalized spacial score (nSPS) is 21.5. The van der Waals surface area contributed by atoms with E-state index in [4.69, 9.17) is 0 Å². The number of carbonyl (C=O) groups excluding carboxylic acids is 1. The molecule has 2 atom stereocenters. The van der Waals surface area contributed by atoms with Gasteiger partial charge in [-0.2, -0.15) is 0 Å². The fraction of sp³-hybridized carbons (Fsp3) is 0.296. The van der Waals surface area contributed by atoms with E-state index < -0.39 is 0 Å². The molecule has 5 rings (SSSR count). The molecule has 2 saturated heterocycles. The van der Waals surface area contributed by atoms with Crippen LogP contribution in [-0.4, -0.2) is 47.9 Å². The predicted octanol–water partition coefficient (Wildman–Crippen LogP) is 4.29. The maximum absolute atomic E-state index is 13.2. The Labute approximate surface area is 203 Å². The molecule has 2 fully saturated rings. The average Bonchev–Trinajstić information content (AvgIpc) is 3.36. The molecule has 2 aliphatic rings. The van der Waals surface area contributed by atoms with E-state index in [-0.39, 0.29) is 24.0 Å². The minimum Gasteiger partial charge on any atom is -0.339 e. The molecule has 1 amide bonds. The van der Waals surface area contributed by atoms with Crippen LogP contribution in [0.3, 0.4) is 0 Å². The molecule has 0 bridgehead atoms. The van der Waals surface area contributed by atoms with Crippen LogP contribution in [0.4, 0.5) is 0 Å². The predicted molar refractivity (Wildman–Crippen MR) is 134 cm³/mol. The van der Waals surface area contributed by atoms with Crippen molar-refractivity contribution in [1.82, 2.24) is 20.7 Å². The number of hydrogen-bond acceptors (Lipinski definition) is 4. The average molecular weight is 505 g/mol. The van der Waals surface area contributed by atoms with Gasteiger partial charge in [0.05, 0.1) is 6.04 Å². The van der Waals surface area contributed by atoms with E-state index in [9.17, 15) is 4.79 Å². The number of nitrogens with zero attached hydrogens (tertiary/aromatic N) is 2. The van der Waals surface area contributed by atoms with E-state index in [1.807, 2.05) is 17.0 Å². The Kier molecular flexibility index (Phi) is 6.88. The van der Waals surface area contributed by atoms with Gasteiger partial charge in [-0.15, -0.1) is 0 Å². The first-order chi connectivity index (χ1) is 16.2. The number of hydrazine groups is 1. The van der Waals surface area contributed by atoms with Gasteiger partial charge < -0.3 is 4.90 Å². The molecule has 3 aromatic carbocycles. The Bertz CT molecular complexity index is 1010. The second-order valence-electron chi connectivity index (χ2n) is 8.77. The first-order valence-electron chi connectivity index (χ1n) is 11.6. The molecule has 0 aliphatic carbocycles. The Morgan fingerprint density at radius 1 is 0.788 bits per heavy atom. The summed E-state index contributed by atoms with van der Waals surface area (Å²) >= 11 is 3.49. The minimum atomic E-state index is -0.191. The van der Waals surface area contributed by atoms with E-state index in [1.165, 1.54) is 16.7 Å². The van der Waals surface area contributed by atoms with E-state index in [1.54, 1.807) is 0 Å². The third-order valence-corrected chi connectivity index (χ3v) is 7.22.